The Morgan fingerprint density at radius 1 is 1.56 bits per heavy atom. The molecule has 1 aromatic carbocycles. The van der Waals surface area contributed by atoms with Gasteiger partial charge in [0.05, 0.1) is 11.6 Å². The maximum absolute atomic E-state index is 9.10. The normalized spacial score (nSPS) is 19.8. The van der Waals surface area contributed by atoms with Gasteiger partial charge in [0, 0.05) is 31.3 Å². The van der Waals surface area contributed by atoms with Gasteiger partial charge in [0.1, 0.15) is 0 Å². The Balaban J connectivity index is 2.17. The number of aliphatic hydroxyl groups is 1. The van der Waals surface area contributed by atoms with E-state index in [1.807, 2.05) is 19.1 Å². The molecule has 1 unspecified atom stereocenters. The van der Waals surface area contributed by atoms with Gasteiger partial charge >= 0.3 is 0 Å². The second-order valence-corrected chi connectivity index (χ2v) is 4.39. The van der Waals surface area contributed by atoms with Crippen molar-refractivity contribution in [3.63, 3.8) is 0 Å². The average molecular weight is 216 g/mol. The minimum Gasteiger partial charge on any atom is -0.396 e. The summed E-state index contributed by atoms with van der Waals surface area (Å²) < 4.78 is 0. The molecule has 0 spiro atoms. The number of hydrogen-bond acceptors (Lipinski definition) is 3. The monoisotopic (exact) mass is 216 g/mol. The molecule has 0 saturated carbocycles. The lowest BCUT2D eigenvalue weighted by Crippen LogP contribution is -2.20. The van der Waals surface area contributed by atoms with Crippen LogP contribution in [0.25, 0.3) is 0 Å². The molecular formula is C13H16N2O. The van der Waals surface area contributed by atoms with Crippen LogP contribution in [0.3, 0.4) is 0 Å². The zero-order valence-corrected chi connectivity index (χ0v) is 9.48. The Kier molecular flexibility index (Phi) is 3.12. The lowest BCUT2D eigenvalue weighted by atomic mass is 10.1. The third-order valence-corrected chi connectivity index (χ3v) is 3.24. The minimum absolute atomic E-state index is 0.270. The average Bonchev–Trinajstić information content (AvgIpc) is 2.77. The highest BCUT2D eigenvalue weighted by Gasteiger charge is 2.21. The topological polar surface area (TPSA) is 47.3 Å². The maximum atomic E-state index is 9.10. The highest BCUT2D eigenvalue weighted by molar-refractivity contribution is 5.54. The lowest BCUT2D eigenvalue weighted by Gasteiger charge is -2.19. The molecule has 0 aromatic heterocycles. The van der Waals surface area contributed by atoms with Gasteiger partial charge in [0.25, 0.3) is 0 Å². The maximum Gasteiger partial charge on any atom is 0.0994 e. The number of nitrogens with zero attached hydrogens (tertiary/aromatic N) is 2. The van der Waals surface area contributed by atoms with Crippen LogP contribution in [0.1, 0.15) is 17.5 Å². The van der Waals surface area contributed by atoms with Crippen LogP contribution in [0.4, 0.5) is 5.69 Å². The van der Waals surface area contributed by atoms with Crippen molar-refractivity contribution < 1.29 is 5.11 Å². The fourth-order valence-corrected chi connectivity index (χ4v) is 2.19. The highest BCUT2D eigenvalue weighted by Crippen LogP contribution is 2.25. The smallest absolute Gasteiger partial charge is 0.0994 e. The molecule has 1 fully saturated rings. The summed E-state index contributed by atoms with van der Waals surface area (Å²) in [4.78, 5) is 2.27. The van der Waals surface area contributed by atoms with E-state index in [1.54, 1.807) is 0 Å². The Labute approximate surface area is 95.9 Å². The molecule has 3 heteroatoms. The van der Waals surface area contributed by atoms with Crippen molar-refractivity contribution in [2.75, 3.05) is 24.6 Å². The molecule has 0 radical (unpaired) electrons. The Morgan fingerprint density at radius 2 is 2.38 bits per heavy atom. The first-order valence-electron chi connectivity index (χ1n) is 5.61. The molecule has 0 bridgehead atoms. The molecule has 1 aromatic rings. The van der Waals surface area contributed by atoms with E-state index in [4.69, 9.17) is 10.4 Å². The van der Waals surface area contributed by atoms with Crippen LogP contribution in [0.15, 0.2) is 18.2 Å². The zero-order chi connectivity index (χ0) is 11.5. The lowest BCUT2D eigenvalue weighted by molar-refractivity contribution is 0.238. The van der Waals surface area contributed by atoms with Gasteiger partial charge in [0.2, 0.25) is 0 Å². The van der Waals surface area contributed by atoms with Crippen LogP contribution in [0.2, 0.25) is 0 Å². The summed E-state index contributed by atoms with van der Waals surface area (Å²) >= 11 is 0. The van der Waals surface area contributed by atoms with Gasteiger partial charge < -0.3 is 10.0 Å². The van der Waals surface area contributed by atoms with Crippen molar-refractivity contribution in [3.05, 3.63) is 29.3 Å². The number of hydrogen-bond donors (Lipinski definition) is 1. The number of aliphatic hydroxyl groups excluding tert-OH is 1. The SMILES string of the molecule is Cc1cc(N2CCC(CO)C2)ccc1C#N. The van der Waals surface area contributed by atoms with E-state index < -0.39 is 0 Å². The Hall–Kier alpha value is -1.53. The number of nitriles is 1. The first-order chi connectivity index (χ1) is 7.74. The van der Waals surface area contributed by atoms with Crippen molar-refractivity contribution in [2.45, 2.75) is 13.3 Å². The second kappa shape index (κ2) is 4.54. The standard InChI is InChI=1S/C13H16N2O/c1-10-6-13(3-2-12(10)7-14)15-5-4-11(8-15)9-16/h2-3,6,11,16H,4-5,8-9H2,1H3. The molecule has 3 nitrogen and oxygen atoms in total. The van der Waals surface area contributed by atoms with E-state index in [2.05, 4.69) is 17.0 Å². The van der Waals surface area contributed by atoms with E-state index in [9.17, 15) is 0 Å². The number of benzene rings is 1. The molecular weight excluding hydrogens is 200 g/mol. The fourth-order valence-electron chi connectivity index (χ4n) is 2.19. The molecule has 1 atom stereocenters. The molecule has 0 amide bonds. The predicted octanol–water partition coefficient (Wildman–Crippen LogP) is 1.69. The molecule has 0 aliphatic carbocycles. The van der Waals surface area contributed by atoms with E-state index in [-0.39, 0.29) is 6.61 Å². The van der Waals surface area contributed by atoms with E-state index in [0.717, 1.165) is 36.3 Å². The third-order valence-electron chi connectivity index (χ3n) is 3.24. The van der Waals surface area contributed by atoms with Gasteiger partial charge in [-0.1, -0.05) is 0 Å². The van der Waals surface area contributed by atoms with Crippen LogP contribution in [-0.4, -0.2) is 24.8 Å². The molecule has 2 rings (SSSR count). The minimum atomic E-state index is 0.270. The van der Waals surface area contributed by atoms with Gasteiger partial charge in [-0.3, -0.25) is 0 Å². The Bertz CT molecular complexity index is 422. The zero-order valence-electron chi connectivity index (χ0n) is 9.48. The van der Waals surface area contributed by atoms with E-state index >= 15 is 0 Å². The fraction of sp³-hybridized carbons (Fsp3) is 0.462. The Morgan fingerprint density at radius 3 is 2.94 bits per heavy atom. The summed E-state index contributed by atoms with van der Waals surface area (Å²) in [6, 6.07) is 8.09. The van der Waals surface area contributed by atoms with Gasteiger partial charge in [-0.15, -0.1) is 0 Å². The van der Waals surface area contributed by atoms with Crippen LogP contribution in [0.5, 0.6) is 0 Å². The summed E-state index contributed by atoms with van der Waals surface area (Å²) in [5.74, 6) is 0.399. The van der Waals surface area contributed by atoms with Crippen molar-refractivity contribution in [2.24, 2.45) is 5.92 Å². The molecule has 1 saturated heterocycles. The summed E-state index contributed by atoms with van der Waals surface area (Å²) in [6.45, 7) is 4.14. The molecule has 1 N–H and O–H groups in total. The van der Waals surface area contributed by atoms with Crippen molar-refractivity contribution in [1.29, 1.82) is 5.26 Å². The second-order valence-electron chi connectivity index (χ2n) is 4.39. The molecule has 1 aliphatic rings. The summed E-state index contributed by atoms with van der Waals surface area (Å²) in [5, 5.41) is 18.0. The predicted molar refractivity (Wildman–Crippen MR) is 63.3 cm³/mol. The number of anilines is 1. The third kappa shape index (κ3) is 2.02. The summed E-state index contributed by atoms with van der Waals surface area (Å²) in [5.41, 5.74) is 2.92. The summed E-state index contributed by atoms with van der Waals surface area (Å²) in [7, 11) is 0. The first-order valence-corrected chi connectivity index (χ1v) is 5.61. The molecule has 84 valence electrons. The quantitative estimate of drug-likeness (QED) is 0.818. The van der Waals surface area contributed by atoms with Gasteiger partial charge in [-0.25, -0.2) is 0 Å². The molecule has 1 aliphatic heterocycles. The van der Waals surface area contributed by atoms with Crippen LogP contribution in [-0.2, 0) is 0 Å². The van der Waals surface area contributed by atoms with Gasteiger partial charge in [-0.2, -0.15) is 5.26 Å². The number of aryl methyl sites for hydroxylation is 1. The molecule has 16 heavy (non-hydrogen) atoms. The van der Waals surface area contributed by atoms with Crippen molar-refractivity contribution in [3.8, 4) is 6.07 Å². The van der Waals surface area contributed by atoms with Gasteiger partial charge in [0.15, 0.2) is 0 Å². The van der Waals surface area contributed by atoms with E-state index in [0.29, 0.717) is 5.92 Å². The largest absolute Gasteiger partial charge is 0.396 e. The van der Waals surface area contributed by atoms with Crippen molar-refractivity contribution in [1.82, 2.24) is 0 Å². The van der Waals surface area contributed by atoms with E-state index in [1.165, 1.54) is 0 Å². The van der Waals surface area contributed by atoms with Crippen LogP contribution >= 0.6 is 0 Å². The summed E-state index contributed by atoms with van der Waals surface area (Å²) in [6.07, 6.45) is 1.05. The van der Waals surface area contributed by atoms with Gasteiger partial charge in [-0.05, 0) is 37.1 Å². The van der Waals surface area contributed by atoms with Crippen LogP contribution in [0, 0.1) is 24.2 Å². The van der Waals surface area contributed by atoms with Crippen molar-refractivity contribution >= 4 is 5.69 Å². The molecule has 1 heterocycles. The highest BCUT2D eigenvalue weighted by atomic mass is 16.3. The number of rotatable bonds is 2. The first kappa shape index (κ1) is 11.0. The van der Waals surface area contributed by atoms with Crippen LogP contribution < -0.4 is 4.90 Å².